The maximum Gasteiger partial charge on any atom is 0.283 e. The van der Waals surface area contributed by atoms with E-state index in [4.69, 9.17) is 11.6 Å². The smallest absolute Gasteiger partial charge is 0.283 e. The summed E-state index contributed by atoms with van der Waals surface area (Å²) < 4.78 is 56.4. The van der Waals surface area contributed by atoms with Crippen LogP contribution in [0.4, 0.5) is 0 Å². The molecule has 0 bridgehead atoms. The molecule has 4 aromatic rings. The third kappa shape index (κ3) is 6.89. The number of nitrogens with zero attached hydrogens (tertiary/aromatic N) is 3. The largest absolute Gasteiger partial charge is 0.345 e. The Labute approximate surface area is 275 Å². The molecule has 3 N–H and O–H groups in total. The number of fused-ring (bicyclic) bond motifs is 2. The van der Waals surface area contributed by atoms with Gasteiger partial charge in [0.1, 0.15) is 5.03 Å². The minimum Gasteiger partial charge on any atom is -0.345 e. The topological polar surface area (TPSA) is 162 Å². The van der Waals surface area contributed by atoms with E-state index in [-0.39, 0.29) is 53.0 Å². The van der Waals surface area contributed by atoms with Gasteiger partial charge in [-0.1, -0.05) is 29.8 Å². The standard InChI is InChI=1S/C28H29ClN6O6S3.ClH/c1-17-11-23-24(15-30-17)42-27(32-23)28(37)35-10-9-34(44(40,41)26-13-18-12-19(29)7-8-22(18)31-26)16-20(35)14-25(36)33-43(38,39)21-5-3-2-4-6-21;/h2-8,12-13,17,20,30-31H,9-11,14-16H2,1H3,(H,33,36);1H. The number of nitrogens with one attached hydrogen (secondary N) is 3. The zero-order valence-electron chi connectivity index (χ0n) is 23.9. The van der Waals surface area contributed by atoms with Crippen LogP contribution in [0.5, 0.6) is 0 Å². The average Bonchev–Trinajstić information content (AvgIpc) is 3.61. The second-order valence-electron chi connectivity index (χ2n) is 10.8. The van der Waals surface area contributed by atoms with Gasteiger partial charge in [-0.25, -0.2) is 26.5 Å². The normalized spacial score (nSPS) is 19.1. The van der Waals surface area contributed by atoms with Gasteiger partial charge in [0.05, 0.1) is 16.6 Å². The predicted molar refractivity (Wildman–Crippen MR) is 173 cm³/mol. The molecule has 0 radical (unpaired) electrons. The van der Waals surface area contributed by atoms with Gasteiger partial charge in [-0.3, -0.25) is 9.59 Å². The van der Waals surface area contributed by atoms with E-state index >= 15 is 0 Å². The van der Waals surface area contributed by atoms with Crippen molar-refractivity contribution in [3.8, 4) is 0 Å². The fraction of sp³-hybridized carbons (Fsp3) is 0.321. The first-order chi connectivity index (χ1) is 20.9. The monoisotopic (exact) mass is 712 g/mol. The van der Waals surface area contributed by atoms with Crippen LogP contribution >= 0.6 is 35.3 Å². The molecule has 240 valence electrons. The third-order valence-electron chi connectivity index (χ3n) is 7.68. The van der Waals surface area contributed by atoms with Gasteiger partial charge < -0.3 is 15.2 Å². The number of carbonyl (C=O) groups is 2. The Morgan fingerprint density at radius 2 is 1.84 bits per heavy atom. The van der Waals surface area contributed by atoms with E-state index in [9.17, 15) is 26.4 Å². The highest BCUT2D eigenvalue weighted by Gasteiger charge is 2.40. The van der Waals surface area contributed by atoms with E-state index in [1.807, 2.05) is 6.92 Å². The Kier molecular flexibility index (Phi) is 9.61. The first-order valence-corrected chi connectivity index (χ1v) is 17.9. The molecular weight excluding hydrogens is 683 g/mol. The minimum absolute atomic E-state index is 0. The summed E-state index contributed by atoms with van der Waals surface area (Å²) in [5.41, 5.74) is 1.42. The molecule has 2 aromatic carbocycles. The fourth-order valence-electron chi connectivity index (χ4n) is 5.43. The highest BCUT2D eigenvalue weighted by Crippen LogP contribution is 2.29. The lowest BCUT2D eigenvalue weighted by Crippen LogP contribution is -2.57. The molecule has 0 aliphatic carbocycles. The second-order valence-corrected chi connectivity index (χ2v) is 15.9. The van der Waals surface area contributed by atoms with Gasteiger partial charge in [0.25, 0.3) is 26.0 Å². The van der Waals surface area contributed by atoms with Crippen molar-refractivity contribution in [1.29, 1.82) is 0 Å². The molecule has 0 spiro atoms. The van der Waals surface area contributed by atoms with Gasteiger partial charge in [0, 0.05) is 65.9 Å². The summed E-state index contributed by atoms with van der Waals surface area (Å²) in [6, 6.07) is 13.1. The summed E-state index contributed by atoms with van der Waals surface area (Å²) in [5, 5.41) is 4.60. The van der Waals surface area contributed by atoms with E-state index in [1.165, 1.54) is 50.9 Å². The molecule has 17 heteroatoms. The van der Waals surface area contributed by atoms with Crippen molar-refractivity contribution < 1.29 is 26.4 Å². The van der Waals surface area contributed by atoms with E-state index in [0.29, 0.717) is 28.9 Å². The van der Waals surface area contributed by atoms with Crippen molar-refractivity contribution in [2.24, 2.45) is 0 Å². The van der Waals surface area contributed by atoms with E-state index in [0.717, 1.165) is 10.6 Å². The average molecular weight is 714 g/mol. The summed E-state index contributed by atoms with van der Waals surface area (Å²) in [6.45, 7) is 2.34. The van der Waals surface area contributed by atoms with Crippen LogP contribution in [0.2, 0.25) is 5.02 Å². The minimum atomic E-state index is -4.18. The summed E-state index contributed by atoms with van der Waals surface area (Å²) in [5.74, 6) is -1.30. The molecule has 1 saturated heterocycles. The molecule has 2 aliphatic rings. The van der Waals surface area contributed by atoms with Crippen molar-refractivity contribution in [2.45, 2.75) is 48.3 Å². The number of hydrogen-bond acceptors (Lipinski definition) is 9. The quantitative estimate of drug-likeness (QED) is 0.263. The molecule has 1 fully saturated rings. The van der Waals surface area contributed by atoms with Crippen molar-refractivity contribution in [3.63, 3.8) is 0 Å². The first kappa shape index (κ1) is 33.3. The highest BCUT2D eigenvalue weighted by atomic mass is 35.5. The number of sulfonamides is 2. The second kappa shape index (κ2) is 13.0. The first-order valence-electron chi connectivity index (χ1n) is 13.8. The van der Waals surface area contributed by atoms with Gasteiger partial charge in [-0.05, 0) is 43.3 Å². The van der Waals surface area contributed by atoms with E-state index in [2.05, 4.69) is 20.0 Å². The zero-order valence-corrected chi connectivity index (χ0v) is 27.9. The van der Waals surface area contributed by atoms with Crippen molar-refractivity contribution >= 4 is 78.1 Å². The number of carbonyl (C=O) groups excluding carboxylic acids is 2. The molecule has 0 saturated carbocycles. The number of rotatable bonds is 7. The van der Waals surface area contributed by atoms with Crippen LogP contribution in [0.25, 0.3) is 10.9 Å². The Bertz CT molecular complexity index is 1970. The molecule has 2 aliphatic heterocycles. The maximum absolute atomic E-state index is 13.8. The summed E-state index contributed by atoms with van der Waals surface area (Å²) >= 11 is 7.35. The van der Waals surface area contributed by atoms with Crippen LogP contribution in [-0.2, 0) is 37.8 Å². The molecule has 6 rings (SSSR count). The zero-order chi connectivity index (χ0) is 31.2. The van der Waals surface area contributed by atoms with E-state index in [1.54, 1.807) is 24.3 Å². The van der Waals surface area contributed by atoms with Crippen LogP contribution in [0, 0.1) is 0 Å². The number of halogens is 2. The number of amides is 2. The van der Waals surface area contributed by atoms with Crippen LogP contribution < -0.4 is 10.0 Å². The summed E-state index contributed by atoms with van der Waals surface area (Å²) in [6.07, 6.45) is 0.222. The van der Waals surface area contributed by atoms with Crippen molar-refractivity contribution in [2.75, 3.05) is 19.6 Å². The fourth-order valence-corrected chi connectivity index (χ4v) is 9.11. The molecule has 45 heavy (non-hydrogen) atoms. The Hall–Kier alpha value is -3.05. The Morgan fingerprint density at radius 3 is 2.60 bits per heavy atom. The molecule has 2 amide bonds. The third-order valence-corrected chi connectivity index (χ3v) is 12.2. The van der Waals surface area contributed by atoms with Crippen LogP contribution in [0.15, 0.2) is 64.5 Å². The number of benzene rings is 2. The summed E-state index contributed by atoms with van der Waals surface area (Å²) in [4.78, 5) is 36.7. The number of H-pyrrole nitrogens is 1. The van der Waals surface area contributed by atoms with Gasteiger partial charge in [-0.2, -0.15) is 4.31 Å². The summed E-state index contributed by atoms with van der Waals surface area (Å²) in [7, 11) is -8.26. The predicted octanol–water partition coefficient (Wildman–Crippen LogP) is 3.14. The maximum atomic E-state index is 13.8. The number of hydrogen-bond donors (Lipinski definition) is 3. The molecule has 2 unspecified atom stereocenters. The van der Waals surface area contributed by atoms with Gasteiger partial charge >= 0.3 is 0 Å². The Morgan fingerprint density at radius 1 is 1.09 bits per heavy atom. The highest BCUT2D eigenvalue weighted by molar-refractivity contribution is 7.90. The SMILES string of the molecule is CC1Cc2nc(C(=O)N3CCN(S(=O)(=O)c4cc5cc(Cl)ccc5[nH]4)CC3CC(=O)NS(=O)(=O)c3ccccc3)sc2CN1.Cl. The lowest BCUT2D eigenvalue weighted by molar-refractivity contribution is -0.120. The van der Waals surface area contributed by atoms with Gasteiger partial charge in [-0.15, -0.1) is 23.7 Å². The van der Waals surface area contributed by atoms with Crippen LogP contribution in [0.1, 0.15) is 33.7 Å². The molecular formula is C28H30Cl2N6O6S3. The number of aromatic nitrogens is 2. The van der Waals surface area contributed by atoms with Crippen LogP contribution in [-0.4, -0.2) is 79.5 Å². The van der Waals surface area contributed by atoms with Crippen LogP contribution in [0.3, 0.4) is 0 Å². The molecule has 2 aromatic heterocycles. The lowest BCUT2D eigenvalue weighted by atomic mass is 10.1. The Balaban J connectivity index is 0.00000400. The molecule has 4 heterocycles. The van der Waals surface area contributed by atoms with Gasteiger partial charge in [0.2, 0.25) is 5.91 Å². The van der Waals surface area contributed by atoms with Crippen molar-refractivity contribution in [1.82, 2.24) is 29.2 Å². The van der Waals surface area contributed by atoms with Gasteiger partial charge in [0.15, 0.2) is 5.01 Å². The van der Waals surface area contributed by atoms with E-state index < -0.39 is 44.3 Å². The lowest BCUT2D eigenvalue weighted by Gasteiger charge is -2.40. The number of aromatic amines is 1. The number of thiazole rings is 1. The molecule has 12 nitrogen and oxygen atoms in total. The van der Waals surface area contributed by atoms with Crippen molar-refractivity contribution in [3.05, 3.63) is 75.2 Å². The molecule has 2 atom stereocenters. The number of piperazine rings is 1.